The molecule has 0 radical (unpaired) electrons. The Kier molecular flexibility index (Phi) is 5.03. The normalized spacial score (nSPS) is 11.0. The SMILES string of the molecule is CC(C)NCc1ccc(Cl)cc1-c1ccccc1Br. The fourth-order valence-electron chi connectivity index (χ4n) is 1.95. The van der Waals surface area contributed by atoms with Crippen LogP contribution in [0, 0.1) is 0 Å². The molecule has 0 saturated heterocycles. The summed E-state index contributed by atoms with van der Waals surface area (Å²) in [7, 11) is 0. The molecular formula is C16H17BrClN. The van der Waals surface area contributed by atoms with Crippen molar-refractivity contribution in [1.82, 2.24) is 5.32 Å². The quantitative estimate of drug-likeness (QED) is 0.801. The monoisotopic (exact) mass is 337 g/mol. The fourth-order valence-corrected chi connectivity index (χ4v) is 2.62. The van der Waals surface area contributed by atoms with Crippen LogP contribution < -0.4 is 5.32 Å². The molecule has 0 amide bonds. The Morgan fingerprint density at radius 2 is 1.84 bits per heavy atom. The first-order valence-electron chi connectivity index (χ1n) is 6.34. The van der Waals surface area contributed by atoms with E-state index in [9.17, 15) is 0 Å². The predicted molar refractivity (Wildman–Crippen MR) is 86.6 cm³/mol. The maximum absolute atomic E-state index is 6.15. The fraction of sp³-hybridized carbons (Fsp3) is 0.250. The Morgan fingerprint density at radius 3 is 2.53 bits per heavy atom. The average molecular weight is 339 g/mol. The van der Waals surface area contributed by atoms with Crippen LogP contribution in [0.3, 0.4) is 0 Å². The molecule has 0 bridgehead atoms. The zero-order chi connectivity index (χ0) is 13.8. The second-order valence-corrected chi connectivity index (χ2v) is 6.11. The van der Waals surface area contributed by atoms with E-state index in [0.29, 0.717) is 6.04 Å². The van der Waals surface area contributed by atoms with Gasteiger partial charge in [-0.15, -0.1) is 0 Å². The summed E-state index contributed by atoms with van der Waals surface area (Å²) < 4.78 is 1.09. The lowest BCUT2D eigenvalue weighted by Crippen LogP contribution is -2.22. The maximum atomic E-state index is 6.15. The van der Waals surface area contributed by atoms with Gasteiger partial charge in [-0.25, -0.2) is 0 Å². The molecule has 0 unspecified atom stereocenters. The number of hydrogen-bond acceptors (Lipinski definition) is 1. The first kappa shape index (κ1) is 14.6. The minimum atomic E-state index is 0.461. The van der Waals surface area contributed by atoms with Crippen LogP contribution in [0.2, 0.25) is 5.02 Å². The van der Waals surface area contributed by atoms with Gasteiger partial charge in [0.05, 0.1) is 0 Å². The van der Waals surface area contributed by atoms with E-state index in [1.54, 1.807) is 0 Å². The van der Waals surface area contributed by atoms with E-state index in [4.69, 9.17) is 11.6 Å². The van der Waals surface area contributed by atoms with E-state index < -0.39 is 0 Å². The summed E-state index contributed by atoms with van der Waals surface area (Å²) in [5, 5.41) is 4.22. The molecule has 0 spiro atoms. The van der Waals surface area contributed by atoms with Crippen LogP contribution in [0.25, 0.3) is 11.1 Å². The molecule has 3 heteroatoms. The van der Waals surface area contributed by atoms with Crippen molar-refractivity contribution < 1.29 is 0 Å². The Bertz CT molecular complexity index is 566. The minimum absolute atomic E-state index is 0.461. The highest BCUT2D eigenvalue weighted by Gasteiger charge is 2.09. The van der Waals surface area contributed by atoms with Crippen LogP contribution in [0.15, 0.2) is 46.9 Å². The molecule has 0 aliphatic heterocycles. The highest BCUT2D eigenvalue weighted by Crippen LogP contribution is 2.32. The molecule has 0 atom stereocenters. The smallest absolute Gasteiger partial charge is 0.0412 e. The third-order valence-corrected chi connectivity index (χ3v) is 3.86. The zero-order valence-corrected chi connectivity index (χ0v) is 13.4. The largest absolute Gasteiger partial charge is 0.310 e. The number of halogens is 2. The number of rotatable bonds is 4. The number of nitrogens with one attached hydrogen (secondary N) is 1. The molecule has 2 rings (SSSR count). The maximum Gasteiger partial charge on any atom is 0.0412 e. The molecule has 0 aromatic heterocycles. The number of hydrogen-bond donors (Lipinski definition) is 1. The van der Waals surface area contributed by atoms with Gasteiger partial charge in [0.1, 0.15) is 0 Å². The van der Waals surface area contributed by atoms with Gasteiger partial charge in [-0.1, -0.05) is 65.6 Å². The van der Waals surface area contributed by atoms with Gasteiger partial charge in [0.15, 0.2) is 0 Å². The van der Waals surface area contributed by atoms with Crippen molar-refractivity contribution in [3.8, 4) is 11.1 Å². The van der Waals surface area contributed by atoms with Crippen molar-refractivity contribution in [1.29, 1.82) is 0 Å². The summed E-state index contributed by atoms with van der Waals surface area (Å²) in [6.45, 7) is 5.13. The molecule has 0 aliphatic rings. The molecule has 0 saturated carbocycles. The van der Waals surface area contributed by atoms with Gasteiger partial charge in [0.2, 0.25) is 0 Å². The summed E-state index contributed by atoms with van der Waals surface area (Å²) in [5.41, 5.74) is 3.60. The van der Waals surface area contributed by atoms with Crippen LogP contribution in [-0.2, 0) is 6.54 Å². The van der Waals surface area contributed by atoms with E-state index in [2.05, 4.69) is 53.3 Å². The second-order valence-electron chi connectivity index (χ2n) is 4.82. The molecule has 2 aromatic rings. The molecule has 100 valence electrons. The highest BCUT2D eigenvalue weighted by molar-refractivity contribution is 9.10. The van der Waals surface area contributed by atoms with Crippen LogP contribution in [0.1, 0.15) is 19.4 Å². The van der Waals surface area contributed by atoms with Crippen molar-refractivity contribution in [2.45, 2.75) is 26.4 Å². The van der Waals surface area contributed by atoms with Crippen molar-refractivity contribution >= 4 is 27.5 Å². The summed E-state index contributed by atoms with van der Waals surface area (Å²) in [5.74, 6) is 0. The topological polar surface area (TPSA) is 12.0 Å². The average Bonchev–Trinajstić information content (AvgIpc) is 2.37. The lowest BCUT2D eigenvalue weighted by Gasteiger charge is -2.14. The first-order valence-corrected chi connectivity index (χ1v) is 7.51. The summed E-state index contributed by atoms with van der Waals surface area (Å²) >= 11 is 9.75. The Hall–Kier alpha value is -0.830. The van der Waals surface area contributed by atoms with E-state index in [-0.39, 0.29) is 0 Å². The molecule has 2 aromatic carbocycles. The van der Waals surface area contributed by atoms with Gasteiger partial charge in [-0.2, -0.15) is 0 Å². The van der Waals surface area contributed by atoms with Crippen LogP contribution >= 0.6 is 27.5 Å². The molecule has 1 nitrogen and oxygen atoms in total. The van der Waals surface area contributed by atoms with Gasteiger partial charge in [-0.05, 0) is 34.9 Å². The van der Waals surface area contributed by atoms with Gasteiger partial charge in [0.25, 0.3) is 0 Å². The van der Waals surface area contributed by atoms with E-state index in [1.165, 1.54) is 16.7 Å². The van der Waals surface area contributed by atoms with E-state index in [0.717, 1.165) is 16.0 Å². The summed E-state index contributed by atoms with van der Waals surface area (Å²) in [6, 6.07) is 14.7. The lowest BCUT2D eigenvalue weighted by molar-refractivity contribution is 0.589. The van der Waals surface area contributed by atoms with Gasteiger partial charge >= 0.3 is 0 Å². The lowest BCUT2D eigenvalue weighted by atomic mass is 9.99. The van der Waals surface area contributed by atoms with Crippen LogP contribution in [0.5, 0.6) is 0 Å². The molecule has 19 heavy (non-hydrogen) atoms. The second kappa shape index (κ2) is 6.56. The van der Waals surface area contributed by atoms with Gasteiger partial charge in [0, 0.05) is 22.1 Å². The first-order chi connectivity index (χ1) is 9.08. The van der Waals surface area contributed by atoms with Crippen molar-refractivity contribution in [2.75, 3.05) is 0 Å². The molecule has 0 aliphatic carbocycles. The van der Waals surface area contributed by atoms with Crippen molar-refractivity contribution in [3.63, 3.8) is 0 Å². The third kappa shape index (κ3) is 3.82. The summed E-state index contributed by atoms with van der Waals surface area (Å²) in [4.78, 5) is 0. The third-order valence-electron chi connectivity index (χ3n) is 2.94. The summed E-state index contributed by atoms with van der Waals surface area (Å²) in [6.07, 6.45) is 0. The molecule has 0 fully saturated rings. The minimum Gasteiger partial charge on any atom is -0.310 e. The van der Waals surface area contributed by atoms with Crippen LogP contribution in [0.4, 0.5) is 0 Å². The highest BCUT2D eigenvalue weighted by atomic mass is 79.9. The van der Waals surface area contributed by atoms with E-state index >= 15 is 0 Å². The van der Waals surface area contributed by atoms with Crippen molar-refractivity contribution in [3.05, 3.63) is 57.5 Å². The molecular weight excluding hydrogens is 322 g/mol. The standard InChI is InChI=1S/C16H17BrClN/c1-11(2)19-10-12-7-8-13(18)9-15(12)14-5-3-4-6-16(14)17/h3-9,11,19H,10H2,1-2H3. The van der Waals surface area contributed by atoms with Crippen molar-refractivity contribution in [2.24, 2.45) is 0 Å². The van der Waals surface area contributed by atoms with Gasteiger partial charge in [-0.3, -0.25) is 0 Å². The van der Waals surface area contributed by atoms with Crippen LogP contribution in [-0.4, -0.2) is 6.04 Å². The Balaban J connectivity index is 2.43. The molecule has 0 heterocycles. The molecule has 1 N–H and O–H groups in total. The Morgan fingerprint density at radius 1 is 1.11 bits per heavy atom. The zero-order valence-electron chi connectivity index (χ0n) is 11.1. The van der Waals surface area contributed by atoms with Gasteiger partial charge < -0.3 is 5.32 Å². The predicted octanol–water partition coefficient (Wildman–Crippen LogP) is 5.27. The number of benzene rings is 2. The van der Waals surface area contributed by atoms with E-state index in [1.807, 2.05) is 24.3 Å². The Labute approximate surface area is 128 Å².